The molecule has 14 heavy (non-hydrogen) atoms. The lowest BCUT2D eigenvalue weighted by atomic mass is 10.2. The summed E-state index contributed by atoms with van der Waals surface area (Å²) < 4.78 is 5.47. The number of hydrogen-bond acceptors (Lipinski definition) is 4. The smallest absolute Gasteiger partial charge is 0.174 e. The van der Waals surface area contributed by atoms with Gasteiger partial charge in [-0.3, -0.25) is 0 Å². The summed E-state index contributed by atoms with van der Waals surface area (Å²) in [5.74, 6) is 1.57. The van der Waals surface area contributed by atoms with Crippen LogP contribution in [0.15, 0.2) is 18.2 Å². The van der Waals surface area contributed by atoms with E-state index in [-0.39, 0.29) is 0 Å². The molecule has 1 aliphatic heterocycles. The van der Waals surface area contributed by atoms with E-state index in [4.69, 9.17) is 14.5 Å². The van der Waals surface area contributed by atoms with Crippen LogP contribution in [0, 0.1) is 0 Å². The van der Waals surface area contributed by atoms with E-state index in [0.29, 0.717) is 13.2 Å². The van der Waals surface area contributed by atoms with Crippen LogP contribution in [0.5, 0.6) is 11.5 Å². The number of ether oxygens (including phenoxy) is 1. The van der Waals surface area contributed by atoms with Crippen molar-refractivity contribution in [1.82, 2.24) is 5.32 Å². The van der Waals surface area contributed by atoms with Crippen molar-refractivity contribution < 1.29 is 14.5 Å². The summed E-state index contributed by atoms with van der Waals surface area (Å²) in [6.07, 6.45) is 0. The summed E-state index contributed by atoms with van der Waals surface area (Å²) in [4.78, 5) is 9.78. The van der Waals surface area contributed by atoms with Gasteiger partial charge in [0.15, 0.2) is 5.75 Å². The van der Waals surface area contributed by atoms with Crippen LogP contribution in [0.1, 0.15) is 5.56 Å². The van der Waals surface area contributed by atoms with Crippen molar-refractivity contribution in [3.63, 3.8) is 0 Å². The molecule has 0 radical (unpaired) electrons. The number of likely N-dealkylation sites (N-methyl/N-ethyl adjacent to an activating group) is 1. The van der Waals surface area contributed by atoms with Crippen molar-refractivity contribution in [2.45, 2.75) is 6.61 Å². The van der Waals surface area contributed by atoms with Gasteiger partial charge in [0, 0.05) is 18.2 Å². The van der Waals surface area contributed by atoms with E-state index in [0.717, 1.165) is 23.6 Å². The predicted molar refractivity (Wildman–Crippen MR) is 51.3 cm³/mol. The monoisotopic (exact) mass is 195 g/mol. The summed E-state index contributed by atoms with van der Waals surface area (Å²) in [7, 11) is 1.89. The zero-order valence-electron chi connectivity index (χ0n) is 8.08. The Balaban J connectivity index is 1.98. The lowest BCUT2D eigenvalue weighted by molar-refractivity contribution is -0.194. The third-order valence-electron chi connectivity index (χ3n) is 2.02. The van der Waals surface area contributed by atoms with E-state index in [2.05, 4.69) is 5.32 Å². The Kier molecular flexibility index (Phi) is 2.86. The predicted octanol–water partition coefficient (Wildman–Crippen LogP) is 1.11. The topological polar surface area (TPSA) is 39.7 Å². The van der Waals surface area contributed by atoms with E-state index in [9.17, 15) is 0 Å². The van der Waals surface area contributed by atoms with Crippen molar-refractivity contribution in [1.29, 1.82) is 0 Å². The lowest BCUT2D eigenvalue weighted by Gasteiger charge is -2.05. The molecule has 0 saturated carbocycles. The van der Waals surface area contributed by atoms with Crippen LogP contribution in [0.25, 0.3) is 0 Å². The third kappa shape index (κ3) is 1.97. The summed E-state index contributed by atoms with van der Waals surface area (Å²) in [5, 5.41) is 3.01. The second-order valence-corrected chi connectivity index (χ2v) is 3.07. The maximum Gasteiger partial charge on any atom is 0.174 e. The van der Waals surface area contributed by atoms with Gasteiger partial charge in [-0.2, -0.15) is 4.89 Å². The fourth-order valence-corrected chi connectivity index (χ4v) is 1.25. The third-order valence-corrected chi connectivity index (χ3v) is 2.02. The zero-order chi connectivity index (χ0) is 9.80. The van der Waals surface area contributed by atoms with Crippen molar-refractivity contribution >= 4 is 0 Å². The van der Waals surface area contributed by atoms with Crippen LogP contribution in [0.4, 0.5) is 0 Å². The average molecular weight is 195 g/mol. The maximum atomic E-state index is 5.47. The highest BCUT2D eigenvalue weighted by Crippen LogP contribution is 2.29. The summed E-state index contributed by atoms with van der Waals surface area (Å²) in [6, 6.07) is 5.72. The highest BCUT2D eigenvalue weighted by Gasteiger charge is 2.13. The van der Waals surface area contributed by atoms with Crippen LogP contribution < -0.4 is 14.9 Å². The van der Waals surface area contributed by atoms with Gasteiger partial charge in [0.2, 0.25) is 0 Å². The first-order valence-electron chi connectivity index (χ1n) is 4.60. The summed E-state index contributed by atoms with van der Waals surface area (Å²) >= 11 is 0. The van der Waals surface area contributed by atoms with Crippen molar-refractivity contribution in [2.24, 2.45) is 0 Å². The molecule has 0 saturated heterocycles. The largest absolute Gasteiger partial charge is 0.492 e. The Labute approximate surface area is 82.7 Å². The van der Waals surface area contributed by atoms with E-state index >= 15 is 0 Å². The first kappa shape index (κ1) is 9.30. The molecule has 2 rings (SSSR count). The number of nitrogens with one attached hydrogen (secondary N) is 1. The molecule has 0 aliphatic carbocycles. The van der Waals surface area contributed by atoms with Crippen LogP contribution in [0.2, 0.25) is 0 Å². The van der Waals surface area contributed by atoms with Gasteiger partial charge in [-0.1, -0.05) is 0 Å². The standard InChI is InChI=1S/C10H13NO3/c1-11-4-5-12-9-3-2-8-7-13-14-10(8)6-9/h2-3,6,11H,4-5,7H2,1H3. The van der Waals surface area contributed by atoms with Crippen molar-refractivity contribution in [3.8, 4) is 11.5 Å². The Morgan fingerprint density at radius 1 is 1.50 bits per heavy atom. The van der Waals surface area contributed by atoms with Gasteiger partial charge < -0.3 is 14.9 Å². The van der Waals surface area contributed by atoms with Gasteiger partial charge in [0.25, 0.3) is 0 Å². The molecule has 0 spiro atoms. The molecule has 1 aromatic carbocycles. The van der Waals surface area contributed by atoms with Crippen LogP contribution in [0.3, 0.4) is 0 Å². The van der Waals surface area contributed by atoms with Gasteiger partial charge in [-0.15, -0.1) is 0 Å². The molecule has 0 unspecified atom stereocenters. The molecule has 0 aromatic heterocycles. The molecule has 1 aliphatic rings. The van der Waals surface area contributed by atoms with Gasteiger partial charge in [0.1, 0.15) is 19.0 Å². The number of fused-ring (bicyclic) bond motifs is 1. The van der Waals surface area contributed by atoms with Gasteiger partial charge in [-0.25, -0.2) is 0 Å². The molecule has 0 bridgehead atoms. The molecule has 0 atom stereocenters. The quantitative estimate of drug-likeness (QED) is 0.577. The van der Waals surface area contributed by atoms with Crippen LogP contribution in [-0.2, 0) is 11.5 Å². The van der Waals surface area contributed by atoms with Crippen LogP contribution in [-0.4, -0.2) is 20.2 Å². The first-order chi connectivity index (χ1) is 6.90. The minimum Gasteiger partial charge on any atom is -0.492 e. The fraction of sp³-hybridized carbons (Fsp3) is 0.400. The van der Waals surface area contributed by atoms with Crippen molar-refractivity contribution in [3.05, 3.63) is 23.8 Å². The Morgan fingerprint density at radius 3 is 3.29 bits per heavy atom. The Bertz CT molecular complexity index is 314. The maximum absolute atomic E-state index is 5.47. The van der Waals surface area contributed by atoms with E-state index in [1.165, 1.54) is 0 Å². The summed E-state index contributed by atoms with van der Waals surface area (Å²) in [5.41, 5.74) is 1.06. The molecule has 1 N–H and O–H groups in total. The fourth-order valence-electron chi connectivity index (χ4n) is 1.25. The Hall–Kier alpha value is -1.26. The number of benzene rings is 1. The van der Waals surface area contributed by atoms with E-state index < -0.39 is 0 Å². The minimum absolute atomic E-state index is 0.520. The molecular weight excluding hydrogens is 182 g/mol. The normalized spacial score (nSPS) is 13.5. The molecule has 1 aromatic rings. The lowest BCUT2D eigenvalue weighted by Crippen LogP contribution is -2.15. The van der Waals surface area contributed by atoms with Gasteiger partial charge in [0.05, 0.1) is 0 Å². The zero-order valence-corrected chi connectivity index (χ0v) is 8.08. The number of rotatable bonds is 4. The summed E-state index contributed by atoms with van der Waals surface area (Å²) in [6.45, 7) is 2.00. The van der Waals surface area contributed by atoms with E-state index in [1.807, 2.05) is 25.2 Å². The molecule has 1 heterocycles. The second-order valence-electron chi connectivity index (χ2n) is 3.07. The number of hydrogen-bond donors (Lipinski definition) is 1. The SMILES string of the molecule is CNCCOc1ccc2c(c1)OOC2. The van der Waals surface area contributed by atoms with Crippen LogP contribution >= 0.6 is 0 Å². The average Bonchev–Trinajstić information content (AvgIpc) is 2.65. The van der Waals surface area contributed by atoms with Gasteiger partial charge in [-0.05, 0) is 19.2 Å². The molecule has 0 fully saturated rings. The Morgan fingerprint density at radius 2 is 2.43 bits per heavy atom. The second kappa shape index (κ2) is 4.30. The molecule has 0 amide bonds. The first-order valence-corrected chi connectivity index (χ1v) is 4.60. The van der Waals surface area contributed by atoms with Crippen molar-refractivity contribution in [2.75, 3.05) is 20.2 Å². The van der Waals surface area contributed by atoms with E-state index in [1.54, 1.807) is 0 Å². The minimum atomic E-state index is 0.520. The molecule has 4 nitrogen and oxygen atoms in total. The highest BCUT2D eigenvalue weighted by molar-refractivity contribution is 5.41. The highest BCUT2D eigenvalue weighted by atomic mass is 17.2. The molecule has 76 valence electrons. The van der Waals surface area contributed by atoms with Gasteiger partial charge >= 0.3 is 0 Å². The molecule has 4 heteroatoms. The molecular formula is C10H13NO3.